The lowest BCUT2D eigenvalue weighted by molar-refractivity contribution is 0.0807. The SMILES string of the molecule is CC(C)COCCOc1cc(C#N)c2ccccc2n1. The van der Waals surface area contributed by atoms with Gasteiger partial charge in [-0.15, -0.1) is 0 Å². The maximum Gasteiger partial charge on any atom is 0.215 e. The molecule has 0 aliphatic carbocycles. The van der Waals surface area contributed by atoms with Gasteiger partial charge >= 0.3 is 0 Å². The molecule has 1 aromatic heterocycles. The van der Waals surface area contributed by atoms with E-state index < -0.39 is 0 Å². The van der Waals surface area contributed by atoms with Crippen molar-refractivity contribution in [2.24, 2.45) is 5.92 Å². The van der Waals surface area contributed by atoms with Gasteiger partial charge in [0.05, 0.1) is 17.7 Å². The van der Waals surface area contributed by atoms with E-state index in [9.17, 15) is 5.26 Å². The summed E-state index contributed by atoms with van der Waals surface area (Å²) in [6.07, 6.45) is 0. The summed E-state index contributed by atoms with van der Waals surface area (Å²) in [5.41, 5.74) is 1.35. The first-order valence-electron chi connectivity index (χ1n) is 6.71. The summed E-state index contributed by atoms with van der Waals surface area (Å²) < 4.78 is 11.0. The monoisotopic (exact) mass is 270 g/mol. The zero-order valence-electron chi connectivity index (χ0n) is 11.8. The molecule has 0 saturated carbocycles. The molecule has 2 aromatic rings. The normalized spacial score (nSPS) is 10.7. The highest BCUT2D eigenvalue weighted by atomic mass is 16.5. The number of aromatic nitrogens is 1. The summed E-state index contributed by atoms with van der Waals surface area (Å²) in [5.74, 6) is 0.979. The van der Waals surface area contributed by atoms with Crippen molar-refractivity contribution in [3.05, 3.63) is 35.9 Å². The summed E-state index contributed by atoms with van der Waals surface area (Å²) in [5, 5.41) is 10.0. The first-order valence-corrected chi connectivity index (χ1v) is 6.71. The standard InChI is InChI=1S/C16H18N2O2/c1-12(2)11-19-7-8-20-16-9-13(10-17)14-5-3-4-6-15(14)18-16/h3-6,9,12H,7-8,11H2,1-2H3. The van der Waals surface area contributed by atoms with Crippen LogP contribution in [0.5, 0.6) is 5.88 Å². The Kier molecular flexibility index (Phi) is 4.91. The third kappa shape index (κ3) is 3.69. The predicted molar refractivity (Wildman–Crippen MR) is 77.6 cm³/mol. The van der Waals surface area contributed by atoms with Crippen molar-refractivity contribution in [3.8, 4) is 11.9 Å². The molecule has 0 N–H and O–H groups in total. The summed E-state index contributed by atoms with van der Waals surface area (Å²) in [6, 6.07) is 11.4. The molecular formula is C16H18N2O2. The van der Waals surface area contributed by atoms with E-state index in [1.165, 1.54) is 0 Å². The van der Waals surface area contributed by atoms with Gasteiger partial charge < -0.3 is 9.47 Å². The molecule has 20 heavy (non-hydrogen) atoms. The largest absolute Gasteiger partial charge is 0.475 e. The van der Waals surface area contributed by atoms with Crippen LogP contribution < -0.4 is 4.74 Å². The van der Waals surface area contributed by atoms with Gasteiger partial charge in [-0.1, -0.05) is 32.0 Å². The zero-order chi connectivity index (χ0) is 14.4. The van der Waals surface area contributed by atoms with E-state index in [4.69, 9.17) is 9.47 Å². The highest BCUT2D eigenvalue weighted by Gasteiger charge is 2.05. The minimum Gasteiger partial charge on any atom is -0.475 e. The molecule has 2 rings (SSSR count). The fourth-order valence-corrected chi connectivity index (χ4v) is 1.84. The molecule has 0 saturated heterocycles. The van der Waals surface area contributed by atoms with E-state index in [1.807, 2.05) is 24.3 Å². The smallest absolute Gasteiger partial charge is 0.215 e. The number of nitriles is 1. The molecule has 104 valence electrons. The maximum atomic E-state index is 9.17. The molecule has 1 heterocycles. The quantitative estimate of drug-likeness (QED) is 0.757. The molecule has 0 aliphatic heterocycles. The second-order valence-electron chi connectivity index (χ2n) is 4.95. The molecule has 1 aromatic carbocycles. The summed E-state index contributed by atoms with van der Waals surface area (Å²) in [6.45, 7) is 5.88. The molecule has 0 bridgehead atoms. The maximum absolute atomic E-state index is 9.17. The Morgan fingerprint density at radius 3 is 2.80 bits per heavy atom. The Morgan fingerprint density at radius 2 is 2.05 bits per heavy atom. The molecule has 0 atom stereocenters. The van der Waals surface area contributed by atoms with Crippen molar-refractivity contribution < 1.29 is 9.47 Å². The van der Waals surface area contributed by atoms with Crippen molar-refractivity contribution in [2.45, 2.75) is 13.8 Å². The Morgan fingerprint density at radius 1 is 1.25 bits per heavy atom. The minimum atomic E-state index is 0.433. The molecule has 0 fully saturated rings. The first kappa shape index (κ1) is 14.3. The molecule has 0 amide bonds. The second kappa shape index (κ2) is 6.88. The van der Waals surface area contributed by atoms with Crippen molar-refractivity contribution >= 4 is 10.9 Å². The Labute approximate surface area is 119 Å². The van der Waals surface area contributed by atoms with E-state index in [0.717, 1.165) is 17.5 Å². The van der Waals surface area contributed by atoms with Gasteiger partial charge in [-0.3, -0.25) is 0 Å². The van der Waals surface area contributed by atoms with Gasteiger partial charge in [0.1, 0.15) is 12.7 Å². The average Bonchev–Trinajstić information content (AvgIpc) is 2.45. The van der Waals surface area contributed by atoms with Crippen LogP contribution in [0, 0.1) is 17.2 Å². The summed E-state index contributed by atoms with van der Waals surface area (Å²) in [4.78, 5) is 4.39. The number of nitrogens with zero attached hydrogens (tertiary/aromatic N) is 2. The molecule has 4 heteroatoms. The number of pyridine rings is 1. The Hall–Kier alpha value is -2.12. The summed E-state index contributed by atoms with van der Waals surface area (Å²) in [7, 11) is 0. The van der Waals surface area contributed by atoms with Crippen LogP contribution >= 0.6 is 0 Å². The van der Waals surface area contributed by atoms with Gasteiger partial charge in [-0.2, -0.15) is 5.26 Å². The molecule has 0 spiro atoms. The number of para-hydroxylation sites is 1. The lowest BCUT2D eigenvalue weighted by atomic mass is 10.1. The van der Waals surface area contributed by atoms with Crippen LogP contribution in [-0.4, -0.2) is 24.8 Å². The van der Waals surface area contributed by atoms with Gasteiger partial charge in [0, 0.05) is 18.1 Å². The average molecular weight is 270 g/mol. The van der Waals surface area contributed by atoms with Crippen LogP contribution in [0.1, 0.15) is 19.4 Å². The first-order chi connectivity index (χ1) is 9.70. The number of hydrogen-bond donors (Lipinski definition) is 0. The number of ether oxygens (including phenoxy) is 2. The van der Waals surface area contributed by atoms with Crippen molar-refractivity contribution in [1.29, 1.82) is 5.26 Å². The van der Waals surface area contributed by atoms with Crippen molar-refractivity contribution in [2.75, 3.05) is 19.8 Å². The van der Waals surface area contributed by atoms with E-state index in [1.54, 1.807) is 6.07 Å². The zero-order valence-corrected chi connectivity index (χ0v) is 11.8. The van der Waals surface area contributed by atoms with Crippen LogP contribution in [-0.2, 0) is 4.74 Å². The number of rotatable bonds is 6. The van der Waals surface area contributed by atoms with Gasteiger partial charge in [0.2, 0.25) is 5.88 Å². The fourth-order valence-electron chi connectivity index (χ4n) is 1.84. The van der Waals surface area contributed by atoms with Crippen LogP contribution in [0.2, 0.25) is 0 Å². The summed E-state index contributed by atoms with van der Waals surface area (Å²) >= 11 is 0. The highest BCUT2D eigenvalue weighted by molar-refractivity contribution is 5.85. The van der Waals surface area contributed by atoms with E-state index in [-0.39, 0.29) is 0 Å². The van der Waals surface area contributed by atoms with Crippen LogP contribution in [0.3, 0.4) is 0 Å². The van der Waals surface area contributed by atoms with E-state index in [0.29, 0.717) is 30.6 Å². The Bertz CT molecular complexity index is 617. The van der Waals surface area contributed by atoms with Crippen molar-refractivity contribution in [3.63, 3.8) is 0 Å². The molecule has 4 nitrogen and oxygen atoms in total. The van der Waals surface area contributed by atoms with Gasteiger partial charge in [0.15, 0.2) is 0 Å². The molecular weight excluding hydrogens is 252 g/mol. The Balaban J connectivity index is 2.02. The highest BCUT2D eigenvalue weighted by Crippen LogP contribution is 2.21. The molecule has 0 radical (unpaired) electrons. The lowest BCUT2D eigenvalue weighted by Crippen LogP contribution is -2.10. The van der Waals surface area contributed by atoms with Crippen molar-refractivity contribution in [1.82, 2.24) is 4.98 Å². The third-order valence-corrected chi connectivity index (χ3v) is 2.74. The van der Waals surface area contributed by atoms with E-state index >= 15 is 0 Å². The van der Waals surface area contributed by atoms with Crippen LogP contribution in [0.25, 0.3) is 10.9 Å². The predicted octanol–water partition coefficient (Wildman–Crippen LogP) is 3.16. The van der Waals surface area contributed by atoms with Crippen LogP contribution in [0.15, 0.2) is 30.3 Å². The van der Waals surface area contributed by atoms with Gasteiger partial charge in [-0.05, 0) is 12.0 Å². The lowest BCUT2D eigenvalue weighted by Gasteiger charge is -2.09. The number of hydrogen-bond acceptors (Lipinski definition) is 4. The molecule has 0 aliphatic rings. The molecule has 0 unspecified atom stereocenters. The fraction of sp³-hybridized carbons (Fsp3) is 0.375. The van der Waals surface area contributed by atoms with Gasteiger partial charge in [-0.25, -0.2) is 4.98 Å². The van der Waals surface area contributed by atoms with E-state index in [2.05, 4.69) is 24.9 Å². The second-order valence-corrected chi connectivity index (χ2v) is 4.95. The number of fused-ring (bicyclic) bond motifs is 1. The van der Waals surface area contributed by atoms with Gasteiger partial charge in [0.25, 0.3) is 0 Å². The number of benzene rings is 1. The topological polar surface area (TPSA) is 55.1 Å². The van der Waals surface area contributed by atoms with Crippen LogP contribution in [0.4, 0.5) is 0 Å². The minimum absolute atomic E-state index is 0.433. The third-order valence-electron chi connectivity index (χ3n) is 2.74.